The van der Waals surface area contributed by atoms with Gasteiger partial charge in [-0.15, -0.1) is 0 Å². The summed E-state index contributed by atoms with van der Waals surface area (Å²) in [6.07, 6.45) is 0.848. The Bertz CT molecular complexity index is 553. The normalized spacial score (nSPS) is 17.9. The Morgan fingerprint density at radius 3 is 2.00 bits per heavy atom. The lowest BCUT2D eigenvalue weighted by Gasteiger charge is -2.32. The Hall–Kier alpha value is -1.37. The second kappa shape index (κ2) is 8.14. The summed E-state index contributed by atoms with van der Waals surface area (Å²) in [5, 5.41) is 0. The van der Waals surface area contributed by atoms with Gasteiger partial charge in [0.15, 0.2) is 0 Å². The maximum absolute atomic E-state index is 11.7. The van der Waals surface area contributed by atoms with E-state index in [2.05, 4.69) is 11.7 Å². The number of rotatable bonds is 3. The highest BCUT2D eigenvalue weighted by Crippen LogP contribution is 2.36. The summed E-state index contributed by atoms with van der Waals surface area (Å²) in [4.78, 5) is 11.7. The zero-order valence-corrected chi connectivity index (χ0v) is 16.1. The van der Waals surface area contributed by atoms with E-state index in [-0.39, 0.29) is 5.97 Å². The molecule has 0 atom stereocenters. The molecule has 0 N–H and O–H groups in total. The van der Waals surface area contributed by atoms with E-state index in [1.54, 1.807) is 20.3 Å². The zero-order chi connectivity index (χ0) is 18.5. The molecule has 1 aromatic carbocycles. The molecule has 1 aliphatic rings. The van der Waals surface area contributed by atoms with E-state index < -0.39 is 18.3 Å². The summed E-state index contributed by atoms with van der Waals surface area (Å²) >= 11 is 0. The van der Waals surface area contributed by atoms with Gasteiger partial charge in [-0.05, 0) is 57.3 Å². The first-order valence-corrected chi connectivity index (χ1v) is 8.10. The van der Waals surface area contributed by atoms with Crippen LogP contribution in [0.1, 0.15) is 50.5 Å². The van der Waals surface area contributed by atoms with Crippen molar-refractivity contribution in [3.8, 4) is 0 Å². The molecule has 1 aromatic rings. The van der Waals surface area contributed by atoms with Gasteiger partial charge < -0.3 is 18.8 Å². The van der Waals surface area contributed by atoms with Gasteiger partial charge in [-0.25, -0.2) is 4.79 Å². The van der Waals surface area contributed by atoms with Crippen LogP contribution < -0.4 is 5.46 Å². The standard InChI is InChI=1S/C16H23BO4.C2H6O/c1-7-11-8-9-12(14(18)19-6)10-13(11)17-20-15(2,3)16(4,5)21-17;1-3-2/h8-10H,7H2,1-6H3;1-2H3. The molecule has 5 nitrogen and oxygen atoms in total. The van der Waals surface area contributed by atoms with Crippen molar-refractivity contribution in [1.82, 2.24) is 0 Å². The molecule has 2 rings (SSSR count). The molecule has 0 bridgehead atoms. The molecule has 0 unspecified atom stereocenters. The van der Waals surface area contributed by atoms with Crippen molar-refractivity contribution >= 4 is 18.6 Å². The SMILES string of the molecule is CCc1ccc(C(=O)OC)cc1B1OC(C)(C)C(C)(C)O1.COC. The lowest BCUT2D eigenvalue weighted by Crippen LogP contribution is -2.41. The van der Waals surface area contributed by atoms with E-state index in [0.717, 1.165) is 17.4 Å². The highest BCUT2D eigenvalue weighted by atomic mass is 16.7. The van der Waals surface area contributed by atoms with E-state index in [1.807, 2.05) is 39.8 Å². The Morgan fingerprint density at radius 2 is 1.58 bits per heavy atom. The lowest BCUT2D eigenvalue weighted by atomic mass is 9.74. The zero-order valence-electron chi connectivity index (χ0n) is 16.1. The van der Waals surface area contributed by atoms with Gasteiger partial charge in [0.25, 0.3) is 0 Å². The van der Waals surface area contributed by atoms with Gasteiger partial charge in [-0.3, -0.25) is 0 Å². The minimum atomic E-state index is -0.463. The molecule has 134 valence electrons. The number of benzene rings is 1. The van der Waals surface area contributed by atoms with Crippen LogP contribution in [0.3, 0.4) is 0 Å². The van der Waals surface area contributed by atoms with E-state index in [9.17, 15) is 4.79 Å². The van der Waals surface area contributed by atoms with E-state index in [4.69, 9.17) is 14.0 Å². The van der Waals surface area contributed by atoms with Crippen LogP contribution in [-0.4, -0.2) is 45.6 Å². The maximum atomic E-state index is 11.7. The molecular weight excluding hydrogens is 307 g/mol. The number of ether oxygens (including phenoxy) is 2. The molecule has 0 saturated carbocycles. The number of aryl methyl sites for hydroxylation is 1. The Labute approximate surface area is 145 Å². The number of hydrogen-bond donors (Lipinski definition) is 0. The van der Waals surface area contributed by atoms with Crippen molar-refractivity contribution in [2.45, 2.75) is 52.2 Å². The Morgan fingerprint density at radius 1 is 1.08 bits per heavy atom. The van der Waals surface area contributed by atoms with Gasteiger partial charge in [0.2, 0.25) is 0 Å². The molecule has 0 radical (unpaired) electrons. The summed E-state index contributed by atoms with van der Waals surface area (Å²) in [6.45, 7) is 10.1. The van der Waals surface area contributed by atoms with Crippen LogP contribution in [0.5, 0.6) is 0 Å². The van der Waals surface area contributed by atoms with Gasteiger partial charge >= 0.3 is 13.1 Å². The van der Waals surface area contributed by atoms with Crippen molar-refractivity contribution in [3.63, 3.8) is 0 Å². The topological polar surface area (TPSA) is 54.0 Å². The summed E-state index contributed by atoms with van der Waals surface area (Å²) in [5.41, 5.74) is 1.73. The highest BCUT2D eigenvalue weighted by molar-refractivity contribution is 6.62. The summed E-state index contributed by atoms with van der Waals surface area (Å²) in [5.74, 6) is -0.351. The van der Waals surface area contributed by atoms with Crippen LogP contribution in [0, 0.1) is 0 Å². The van der Waals surface area contributed by atoms with Crippen LogP contribution in [0.4, 0.5) is 0 Å². The molecule has 24 heavy (non-hydrogen) atoms. The molecule has 6 heteroatoms. The van der Waals surface area contributed by atoms with Gasteiger partial charge in [0.05, 0.1) is 23.9 Å². The van der Waals surface area contributed by atoms with Crippen LogP contribution in [0.2, 0.25) is 0 Å². The minimum absolute atomic E-state index is 0.351. The molecule has 1 saturated heterocycles. The fourth-order valence-corrected chi connectivity index (χ4v) is 2.35. The van der Waals surface area contributed by atoms with Crippen molar-refractivity contribution in [3.05, 3.63) is 29.3 Å². The van der Waals surface area contributed by atoms with Gasteiger partial charge in [0, 0.05) is 14.2 Å². The largest absolute Gasteiger partial charge is 0.495 e. The molecule has 0 spiro atoms. The number of hydrogen-bond acceptors (Lipinski definition) is 5. The number of carbonyl (C=O) groups is 1. The number of methoxy groups -OCH3 is 2. The second-order valence-electron chi connectivity index (χ2n) is 6.76. The molecule has 1 heterocycles. The summed E-state index contributed by atoms with van der Waals surface area (Å²) in [7, 11) is 4.17. The fourth-order valence-electron chi connectivity index (χ4n) is 2.35. The van der Waals surface area contributed by atoms with Crippen LogP contribution in [-0.2, 0) is 25.2 Å². The lowest BCUT2D eigenvalue weighted by molar-refractivity contribution is 0.00578. The fraction of sp³-hybridized carbons (Fsp3) is 0.611. The summed E-state index contributed by atoms with van der Waals surface area (Å²) in [6, 6.07) is 5.53. The Balaban J connectivity index is 0.000000891. The molecular formula is C18H29BO5. The number of esters is 1. The van der Waals surface area contributed by atoms with Gasteiger partial charge in [-0.1, -0.05) is 13.0 Å². The van der Waals surface area contributed by atoms with Gasteiger partial charge in [-0.2, -0.15) is 0 Å². The average molecular weight is 336 g/mol. The van der Waals surface area contributed by atoms with Crippen LogP contribution >= 0.6 is 0 Å². The summed E-state index contributed by atoms with van der Waals surface area (Å²) < 4.78 is 21.2. The molecule has 1 fully saturated rings. The first-order valence-electron chi connectivity index (χ1n) is 8.10. The Kier molecular flexibility index (Phi) is 7.02. The number of carbonyl (C=O) groups excluding carboxylic acids is 1. The first kappa shape index (κ1) is 20.7. The van der Waals surface area contributed by atoms with Crippen molar-refractivity contribution in [2.24, 2.45) is 0 Å². The molecule has 0 aromatic heterocycles. The van der Waals surface area contributed by atoms with Crippen LogP contribution in [0.25, 0.3) is 0 Å². The molecule has 1 aliphatic heterocycles. The predicted octanol–water partition coefficient (Wildman–Crippen LogP) is 2.60. The van der Waals surface area contributed by atoms with Crippen molar-refractivity contribution in [1.29, 1.82) is 0 Å². The second-order valence-corrected chi connectivity index (χ2v) is 6.76. The first-order chi connectivity index (χ1) is 11.1. The average Bonchev–Trinajstić information content (AvgIpc) is 2.74. The maximum Gasteiger partial charge on any atom is 0.495 e. The third kappa shape index (κ3) is 4.38. The van der Waals surface area contributed by atoms with Crippen molar-refractivity contribution in [2.75, 3.05) is 21.3 Å². The van der Waals surface area contributed by atoms with Crippen molar-refractivity contribution < 1.29 is 23.6 Å². The molecule has 0 amide bonds. The van der Waals surface area contributed by atoms with Gasteiger partial charge in [0.1, 0.15) is 0 Å². The smallest absolute Gasteiger partial charge is 0.465 e. The molecule has 0 aliphatic carbocycles. The third-order valence-electron chi connectivity index (χ3n) is 4.46. The minimum Gasteiger partial charge on any atom is -0.465 e. The highest BCUT2D eigenvalue weighted by Gasteiger charge is 2.52. The predicted molar refractivity (Wildman–Crippen MR) is 95.8 cm³/mol. The van der Waals surface area contributed by atoms with E-state index in [0.29, 0.717) is 5.56 Å². The van der Waals surface area contributed by atoms with E-state index in [1.165, 1.54) is 7.11 Å². The third-order valence-corrected chi connectivity index (χ3v) is 4.46. The van der Waals surface area contributed by atoms with E-state index >= 15 is 0 Å². The monoisotopic (exact) mass is 336 g/mol. The quantitative estimate of drug-likeness (QED) is 0.627. The van der Waals surface area contributed by atoms with Crippen LogP contribution in [0.15, 0.2) is 18.2 Å².